The molecular weight excluding hydrogens is 284 g/mol. The molecule has 2 heterocycles. The van der Waals surface area contributed by atoms with E-state index in [0.29, 0.717) is 18.9 Å². The number of aryl methyl sites for hydroxylation is 2. The van der Waals surface area contributed by atoms with Crippen LogP contribution in [-0.4, -0.2) is 42.8 Å². The van der Waals surface area contributed by atoms with Gasteiger partial charge in [-0.25, -0.2) is 0 Å². The number of likely N-dealkylation sites (tertiary alicyclic amines) is 1. The topological polar surface area (TPSA) is 49.4 Å². The Balaban J connectivity index is 1.81. The molecule has 0 aromatic carbocycles. The van der Waals surface area contributed by atoms with Gasteiger partial charge >= 0.3 is 0 Å². The summed E-state index contributed by atoms with van der Waals surface area (Å²) in [6, 6.07) is 2.46. The molecule has 1 saturated heterocycles. The summed E-state index contributed by atoms with van der Waals surface area (Å²) in [7, 11) is 1.96. The quantitative estimate of drug-likeness (QED) is 0.851. The van der Waals surface area contributed by atoms with E-state index in [2.05, 4.69) is 5.32 Å². The first-order valence-electron chi connectivity index (χ1n) is 7.56. The number of nitrogens with one attached hydrogen (secondary N) is 1. The van der Waals surface area contributed by atoms with Gasteiger partial charge in [-0.1, -0.05) is 0 Å². The molecule has 0 spiro atoms. The second kappa shape index (κ2) is 7.18. The number of thiophene rings is 1. The van der Waals surface area contributed by atoms with Crippen LogP contribution in [0.2, 0.25) is 0 Å². The van der Waals surface area contributed by atoms with Gasteiger partial charge in [0, 0.05) is 47.3 Å². The molecule has 1 aliphatic rings. The van der Waals surface area contributed by atoms with Crippen molar-refractivity contribution in [3.63, 3.8) is 0 Å². The number of ketones is 1. The molecule has 1 aromatic heterocycles. The van der Waals surface area contributed by atoms with Crippen molar-refractivity contribution in [2.45, 2.75) is 45.6 Å². The van der Waals surface area contributed by atoms with Crippen molar-refractivity contribution in [1.82, 2.24) is 10.2 Å². The third-order valence-electron chi connectivity index (χ3n) is 4.16. The minimum absolute atomic E-state index is 0.0929. The van der Waals surface area contributed by atoms with Crippen LogP contribution in [0.1, 0.15) is 45.8 Å². The maximum Gasteiger partial charge on any atom is 0.223 e. The molecule has 1 N–H and O–H groups in total. The summed E-state index contributed by atoms with van der Waals surface area (Å²) in [5, 5.41) is 3.25. The predicted molar refractivity (Wildman–Crippen MR) is 86.0 cm³/mol. The number of piperidine rings is 1. The van der Waals surface area contributed by atoms with Crippen LogP contribution in [-0.2, 0) is 4.79 Å². The van der Waals surface area contributed by atoms with Gasteiger partial charge in [0.25, 0.3) is 0 Å². The minimum Gasteiger partial charge on any atom is -0.343 e. The van der Waals surface area contributed by atoms with E-state index >= 15 is 0 Å². The number of amides is 1. The van der Waals surface area contributed by atoms with Crippen molar-refractivity contribution in [3.8, 4) is 0 Å². The smallest absolute Gasteiger partial charge is 0.223 e. The van der Waals surface area contributed by atoms with Crippen molar-refractivity contribution in [2.24, 2.45) is 0 Å². The van der Waals surface area contributed by atoms with Gasteiger partial charge in [0.1, 0.15) is 0 Å². The molecule has 0 aliphatic carbocycles. The summed E-state index contributed by atoms with van der Waals surface area (Å²) in [4.78, 5) is 28.5. The molecule has 116 valence electrons. The van der Waals surface area contributed by atoms with Gasteiger partial charge in [-0.15, -0.1) is 11.3 Å². The Morgan fingerprint density at radius 2 is 1.95 bits per heavy atom. The first-order valence-corrected chi connectivity index (χ1v) is 8.38. The molecule has 0 atom stereocenters. The van der Waals surface area contributed by atoms with Crippen molar-refractivity contribution in [2.75, 3.05) is 20.1 Å². The van der Waals surface area contributed by atoms with E-state index in [9.17, 15) is 9.59 Å². The molecule has 1 fully saturated rings. The Kier molecular flexibility index (Phi) is 5.53. The van der Waals surface area contributed by atoms with Gasteiger partial charge in [-0.3, -0.25) is 9.59 Å². The zero-order valence-corrected chi connectivity index (χ0v) is 13.9. The third-order valence-corrected chi connectivity index (χ3v) is 5.13. The Hall–Kier alpha value is -1.20. The van der Waals surface area contributed by atoms with Crippen LogP contribution >= 0.6 is 11.3 Å². The van der Waals surface area contributed by atoms with Crippen LogP contribution in [0.5, 0.6) is 0 Å². The second-order valence-corrected chi connectivity index (χ2v) is 7.15. The molecule has 1 aliphatic heterocycles. The molecule has 0 bridgehead atoms. The molecule has 5 heteroatoms. The summed E-state index contributed by atoms with van der Waals surface area (Å²) >= 11 is 1.64. The Bertz CT molecular complexity index is 516. The highest BCUT2D eigenvalue weighted by Crippen LogP contribution is 2.22. The van der Waals surface area contributed by atoms with E-state index in [1.54, 1.807) is 11.3 Å². The molecule has 1 aromatic rings. The zero-order valence-electron chi connectivity index (χ0n) is 13.1. The highest BCUT2D eigenvalue weighted by atomic mass is 32.1. The van der Waals surface area contributed by atoms with Gasteiger partial charge < -0.3 is 10.2 Å². The first-order chi connectivity index (χ1) is 10.0. The van der Waals surface area contributed by atoms with Gasteiger partial charge in [0.2, 0.25) is 5.91 Å². The molecule has 0 radical (unpaired) electrons. The first kappa shape index (κ1) is 16.2. The average molecular weight is 308 g/mol. The molecule has 2 rings (SSSR count). The van der Waals surface area contributed by atoms with E-state index in [0.717, 1.165) is 41.2 Å². The van der Waals surface area contributed by atoms with Crippen molar-refractivity contribution in [3.05, 3.63) is 21.4 Å². The summed E-state index contributed by atoms with van der Waals surface area (Å²) < 4.78 is 0. The highest BCUT2D eigenvalue weighted by Gasteiger charge is 2.22. The van der Waals surface area contributed by atoms with Crippen LogP contribution in [0.15, 0.2) is 6.07 Å². The standard InChI is InChI=1S/C16H24N2O2S/c1-11-10-14(12(2)21-11)15(19)4-5-16(20)18-8-6-13(17-3)7-9-18/h10,13,17H,4-9H2,1-3H3. The molecular formula is C16H24N2O2S. The lowest BCUT2D eigenvalue weighted by Crippen LogP contribution is -2.44. The van der Waals surface area contributed by atoms with E-state index in [1.165, 1.54) is 0 Å². The van der Waals surface area contributed by atoms with Crippen LogP contribution in [0, 0.1) is 13.8 Å². The van der Waals surface area contributed by atoms with Crippen molar-refractivity contribution in [1.29, 1.82) is 0 Å². The molecule has 0 unspecified atom stereocenters. The molecule has 1 amide bonds. The van der Waals surface area contributed by atoms with E-state index < -0.39 is 0 Å². The van der Waals surface area contributed by atoms with Gasteiger partial charge in [0.15, 0.2) is 5.78 Å². The fraction of sp³-hybridized carbons (Fsp3) is 0.625. The molecule has 0 saturated carbocycles. The van der Waals surface area contributed by atoms with Crippen LogP contribution in [0.4, 0.5) is 0 Å². The lowest BCUT2D eigenvalue weighted by Gasteiger charge is -2.31. The van der Waals surface area contributed by atoms with Crippen LogP contribution in [0.3, 0.4) is 0 Å². The Morgan fingerprint density at radius 1 is 1.29 bits per heavy atom. The molecule has 4 nitrogen and oxygen atoms in total. The fourth-order valence-corrected chi connectivity index (χ4v) is 3.78. The Labute approximate surface area is 130 Å². The van der Waals surface area contributed by atoms with Gasteiger partial charge in [-0.05, 0) is 39.8 Å². The van der Waals surface area contributed by atoms with E-state index in [4.69, 9.17) is 0 Å². The largest absolute Gasteiger partial charge is 0.343 e. The van der Waals surface area contributed by atoms with Gasteiger partial charge in [0.05, 0.1) is 0 Å². The zero-order chi connectivity index (χ0) is 15.4. The normalized spacial score (nSPS) is 16.2. The summed E-state index contributed by atoms with van der Waals surface area (Å²) in [5.74, 6) is 0.206. The van der Waals surface area contributed by atoms with Crippen LogP contribution < -0.4 is 5.32 Å². The summed E-state index contributed by atoms with van der Waals surface area (Å²) in [6.45, 7) is 5.57. The summed E-state index contributed by atoms with van der Waals surface area (Å²) in [5.41, 5.74) is 0.791. The number of Topliss-reactive ketones (excluding diaryl/α,β-unsaturated/α-hetero) is 1. The van der Waals surface area contributed by atoms with Crippen molar-refractivity contribution >= 4 is 23.0 Å². The number of rotatable bonds is 5. The highest BCUT2D eigenvalue weighted by molar-refractivity contribution is 7.12. The molecule has 21 heavy (non-hydrogen) atoms. The maximum absolute atomic E-state index is 12.2. The average Bonchev–Trinajstić information content (AvgIpc) is 2.83. The fourth-order valence-electron chi connectivity index (χ4n) is 2.84. The number of hydrogen-bond donors (Lipinski definition) is 1. The second-order valence-electron chi connectivity index (χ2n) is 5.69. The number of carbonyl (C=O) groups is 2. The minimum atomic E-state index is 0.0929. The van der Waals surface area contributed by atoms with Gasteiger partial charge in [-0.2, -0.15) is 0 Å². The summed E-state index contributed by atoms with van der Waals surface area (Å²) in [6.07, 6.45) is 2.65. The lowest BCUT2D eigenvalue weighted by atomic mass is 10.0. The lowest BCUT2D eigenvalue weighted by molar-refractivity contribution is -0.132. The monoisotopic (exact) mass is 308 g/mol. The van der Waals surface area contributed by atoms with Crippen molar-refractivity contribution < 1.29 is 9.59 Å². The van der Waals surface area contributed by atoms with E-state index in [1.807, 2.05) is 31.9 Å². The third kappa shape index (κ3) is 4.14. The number of carbonyl (C=O) groups excluding carboxylic acids is 2. The van der Waals surface area contributed by atoms with E-state index in [-0.39, 0.29) is 11.7 Å². The number of hydrogen-bond acceptors (Lipinski definition) is 4. The maximum atomic E-state index is 12.2. The van der Waals surface area contributed by atoms with Crippen LogP contribution in [0.25, 0.3) is 0 Å². The predicted octanol–water partition coefficient (Wildman–Crippen LogP) is 2.54. The number of nitrogens with zero attached hydrogens (tertiary/aromatic N) is 1. The Morgan fingerprint density at radius 3 is 2.48 bits per heavy atom. The SMILES string of the molecule is CNC1CCN(C(=O)CCC(=O)c2cc(C)sc2C)CC1.